The average Bonchev–Trinajstić information content (AvgIpc) is 2.29. The molecule has 1 aromatic rings. The van der Waals surface area contributed by atoms with Gasteiger partial charge >= 0.3 is 0 Å². The van der Waals surface area contributed by atoms with Gasteiger partial charge in [0, 0.05) is 25.6 Å². The second kappa shape index (κ2) is 7.06. The van der Waals surface area contributed by atoms with E-state index in [2.05, 4.69) is 29.1 Å². The standard InChI is InChI=1S/C12H21N3O2/c1-5-17-11-8-10(13-6-7-16-4)14-12(15-11)9(2)3/h8-9H,5-7H2,1-4H3,(H,13,14,15). The zero-order valence-electron chi connectivity index (χ0n) is 11.0. The van der Waals surface area contributed by atoms with Crippen LogP contribution in [0, 0.1) is 0 Å². The lowest BCUT2D eigenvalue weighted by molar-refractivity contribution is 0.210. The molecule has 1 aromatic heterocycles. The van der Waals surface area contributed by atoms with Gasteiger partial charge in [0.1, 0.15) is 11.6 Å². The number of methoxy groups -OCH3 is 1. The highest BCUT2D eigenvalue weighted by Crippen LogP contribution is 2.18. The third-order valence-electron chi connectivity index (χ3n) is 2.14. The second-order valence-electron chi connectivity index (χ2n) is 3.96. The van der Waals surface area contributed by atoms with Crippen molar-refractivity contribution in [1.82, 2.24) is 9.97 Å². The first-order valence-corrected chi connectivity index (χ1v) is 5.92. The first-order chi connectivity index (χ1) is 8.17. The van der Waals surface area contributed by atoms with Gasteiger partial charge < -0.3 is 14.8 Å². The van der Waals surface area contributed by atoms with Crippen LogP contribution >= 0.6 is 0 Å². The SMILES string of the molecule is CCOc1cc(NCCOC)nc(C(C)C)n1. The summed E-state index contributed by atoms with van der Waals surface area (Å²) in [6.45, 7) is 8.02. The van der Waals surface area contributed by atoms with E-state index in [1.54, 1.807) is 7.11 Å². The van der Waals surface area contributed by atoms with E-state index in [4.69, 9.17) is 9.47 Å². The quantitative estimate of drug-likeness (QED) is 0.738. The molecule has 1 rings (SSSR count). The van der Waals surface area contributed by atoms with E-state index in [9.17, 15) is 0 Å². The lowest BCUT2D eigenvalue weighted by Crippen LogP contribution is -2.11. The maximum absolute atomic E-state index is 5.42. The van der Waals surface area contributed by atoms with Crippen LogP contribution in [-0.4, -0.2) is 36.8 Å². The zero-order valence-corrected chi connectivity index (χ0v) is 11.0. The van der Waals surface area contributed by atoms with E-state index in [1.165, 1.54) is 0 Å². The molecule has 17 heavy (non-hydrogen) atoms. The molecular weight excluding hydrogens is 218 g/mol. The predicted octanol–water partition coefficient (Wildman–Crippen LogP) is 2.06. The molecule has 0 spiro atoms. The van der Waals surface area contributed by atoms with Crippen molar-refractivity contribution in [2.24, 2.45) is 0 Å². The molecule has 0 bridgehead atoms. The lowest BCUT2D eigenvalue weighted by atomic mass is 10.2. The maximum atomic E-state index is 5.42. The number of nitrogens with one attached hydrogen (secondary N) is 1. The summed E-state index contributed by atoms with van der Waals surface area (Å²) in [5.74, 6) is 2.46. The Morgan fingerprint density at radius 2 is 2.12 bits per heavy atom. The molecule has 0 unspecified atom stereocenters. The summed E-state index contributed by atoms with van der Waals surface area (Å²) >= 11 is 0. The fourth-order valence-electron chi connectivity index (χ4n) is 1.29. The van der Waals surface area contributed by atoms with Gasteiger partial charge in [0.15, 0.2) is 0 Å². The fourth-order valence-corrected chi connectivity index (χ4v) is 1.29. The summed E-state index contributed by atoms with van der Waals surface area (Å²) in [5, 5.41) is 3.18. The molecule has 0 aliphatic rings. The van der Waals surface area contributed by atoms with Gasteiger partial charge in [-0.15, -0.1) is 0 Å². The van der Waals surface area contributed by atoms with Crippen molar-refractivity contribution in [1.29, 1.82) is 0 Å². The average molecular weight is 239 g/mol. The summed E-state index contributed by atoms with van der Waals surface area (Å²) in [5.41, 5.74) is 0. The van der Waals surface area contributed by atoms with Gasteiger partial charge in [-0.05, 0) is 6.92 Å². The largest absolute Gasteiger partial charge is 0.478 e. The van der Waals surface area contributed by atoms with Crippen LogP contribution in [0.2, 0.25) is 0 Å². The van der Waals surface area contributed by atoms with Crippen LogP contribution in [0.4, 0.5) is 5.82 Å². The summed E-state index contributed by atoms with van der Waals surface area (Å²) in [7, 11) is 1.67. The summed E-state index contributed by atoms with van der Waals surface area (Å²) in [6.07, 6.45) is 0. The van der Waals surface area contributed by atoms with Crippen molar-refractivity contribution < 1.29 is 9.47 Å². The third-order valence-corrected chi connectivity index (χ3v) is 2.14. The molecule has 0 atom stereocenters. The molecule has 0 radical (unpaired) electrons. The van der Waals surface area contributed by atoms with E-state index in [-0.39, 0.29) is 5.92 Å². The number of nitrogens with zero attached hydrogens (tertiary/aromatic N) is 2. The summed E-state index contributed by atoms with van der Waals surface area (Å²) in [6, 6.07) is 1.81. The number of anilines is 1. The topological polar surface area (TPSA) is 56.3 Å². The summed E-state index contributed by atoms with van der Waals surface area (Å²) < 4.78 is 10.4. The van der Waals surface area contributed by atoms with Crippen molar-refractivity contribution in [3.05, 3.63) is 11.9 Å². The molecule has 0 amide bonds. The highest BCUT2D eigenvalue weighted by Gasteiger charge is 2.08. The Morgan fingerprint density at radius 3 is 2.71 bits per heavy atom. The van der Waals surface area contributed by atoms with Crippen LogP contribution in [0.5, 0.6) is 5.88 Å². The zero-order chi connectivity index (χ0) is 12.7. The molecule has 0 saturated carbocycles. The van der Waals surface area contributed by atoms with Gasteiger partial charge in [0.2, 0.25) is 5.88 Å². The van der Waals surface area contributed by atoms with E-state index < -0.39 is 0 Å². The molecule has 0 saturated heterocycles. The fraction of sp³-hybridized carbons (Fsp3) is 0.667. The minimum absolute atomic E-state index is 0.276. The van der Waals surface area contributed by atoms with Gasteiger partial charge in [0.05, 0.1) is 13.2 Å². The highest BCUT2D eigenvalue weighted by atomic mass is 16.5. The van der Waals surface area contributed by atoms with Crippen LogP contribution in [-0.2, 0) is 4.74 Å². The van der Waals surface area contributed by atoms with Gasteiger partial charge in [0.25, 0.3) is 0 Å². The van der Waals surface area contributed by atoms with Gasteiger partial charge in [-0.3, -0.25) is 0 Å². The van der Waals surface area contributed by atoms with Crippen molar-refractivity contribution in [3.8, 4) is 5.88 Å². The molecule has 5 heteroatoms. The van der Waals surface area contributed by atoms with Crippen molar-refractivity contribution >= 4 is 5.82 Å². The van der Waals surface area contributed by atoms with Crippen LogP contribution in [0.15, 0.2) is 6.07 Å². The van der Waals surface area contributed by atoms with Crippen molar-refractivity contribution in [3.63, 3.8) is 0 Å². The Balaban J connectivity index is 2.79. The van der Waals surface area contributed by atoms with Crippen LogP contribution in [0.25, 0.3) is 0 Å². The van der Waals surface area contributed by atoms with Crippen LogP contribution in [0.3, 0.4) is 0 Å². The number of hydrogen-bond acceptors (Lipinski definition) is 5. The molecular formula is C12H21N3O2. The smallest absolute Gasteiger partial charge is 0.218 e. The molecule has 1 heterocycles. The minimum atomic E-state index is 0.276. The second-order valence-corrected chi connectivity index (χ2v) is 3.96. The summed E-state index contributed by atoms with van der Waals surface area (Å²) in [4.78, 5) is 8.78. The maximum Gasteiger partial charge on any atom is 0.218 e. The molecule has 0 aliphatic heterocycles. The number of ether oxygens (including phenoxy) is 2. The Labute approximate surface area is 103 Å². The third kappa shape index (κ3) is 4.56. The lowest BCUT2D eigenvalue weighted by Gasteiger charge is -2.11. The Morgan fingerprint density at radius 1 is 1.35 bits per heavy atom. The minimum Gasteiger partial charge on any atom is -0.478 e. The molecule has 0 aromatic carbocycles. The normalized spacial score (nSPS) is 10.6. The van der Waals surface area contributed by atoms with Crippen molar-refractivity contribution in [2.75, 3.05) is 32.2 Å². The van der Waals surface area contributed by atoms with Gasteiger partial charge in [-0.25, -0.2) is 4.98 Å². The highest BCUT2D eigenvalue weighted by molar-refractivity contribution is 5.38. The molecule has 0 fully saturated rings. The predicted molar refractivity (Wildman–Crippen MR) is 67.7 cm³/mol. The van der Waals surface area contributed by atoms with E-state index in [1.807, 2.05) is 13.0 Å². The van der Waals surface area contributed by atoms with E-state index >= 15 is 0 Å². The molecule has 96 valence electrons. The van der Waals surface area contributed by atoms with Crippen LogP contribution < -0.4 is 10.1 Å². The molecule has 5 nitrogen and oxygen atoms in total. The molecule has 0 aliphatic carbocycles. The van der Waals surface area contributed by atoms with E-state index in [0.717, 1.165) is 18.2 Å². The Kier molecular flexibility index (Phi) is 5.69. The Bertz CT molecular complexity index is 343. The van der Waals surface area contributed by atoms with E-state index in [0.29, 0.717) is 19.1 Å². The number of hydrogen-bond donors (Lipinski definition) is 1. The molecule has 1 N–H and O–H groups in total. The van der Waals surface area contributed by atoms with Gasteiger partial charge in [-0.2, -0.15) is 4.98 Å². The number of aromatic nitrogens is 2. The Hall–Kier alpha value is -1.36. The first-order valence-electron chi connectivity index (χ1n) is 5.92. The first kappa shape index (κ1) is 13.7. The van der Waals surface area contributed by atoms with Crippen LogP contribution in [0.1, 0.15) is 32.5 Å². The van der Waals surface area contributed by atoms with Gasteiger partial charge in [-0.1, -0.05) is 13.8 Å². The van der Waals surface area contributed by atoms with Crippen molar-refractivity contribution in [2.45, 2.75) is 26.7 Å². The monoisotopic (exact) mass is 239 g/mol. The number of rotatable bonds is 7.